The zero-order valence-electron chi connectivity index (χ0n) is 12.4. The minimum absolute atomic E-state index is 0.525. The van der Waals surface area contributed by atoms with Crippen molar-refractivity contribution < 1.29 is 4.74 Å². The van der Waals surface area contributed by atoms with Crippen LogP contribution < -0.4 is 15.4 Å². The molecule has 0 radical (unpaired) electrons. The first-order valence-electron chi connectivity index (χ1n) is 6.78. The van der Waals surface area contributed by atoms with E-state index in [-0.39, 0.29) is 0 Å². The number of nitrogens with two attached hydrogens (primary N) is 1. The first-order valence-corrected chi connectivity index (χ1v) is 6.78. The average Bonchev–Trinajstić information content (AvgIpc) is 2.48. The number of hydrogen-bond acceptors (Lipinski definition) is 3. The van der Waals surface area contributed by atoms with Crippen molar-refractivity contribution in [2.45, 2.75) is 20.0 Å². The van der Waals surface area contributed by atoms with Crippen LogP contribution >= 0.6 is 0 Å². The van der Waals surface area contributed by atoms with E-state index in [9.17, 15) is 0 Å². The summed E-state index contributed by atoms with van der Waals surface area (Å²) in [6.07, 6.45) is 0. The third kappa shape index (κ3) is 3.11. The van der Waals surface area contributed by atoms with E-state index in [1.54, 1.807) is 7.11 Å². The van der Waals surface area contributed by atoms with Crippen molar-refractivity contribution >= 4 is 5.69 Å². The minimum atomic E-state index is 0.525. The predicted octanol–water partition coefficient (Wildman–Crippen LogP) is 3.10. The van der Waals surface area contributed by atoms with Gasteiger partial charge in [-0.1, -0.05) is 30.3 Å². The molecule has 2 aromatic carbocycles. The van der Waals surface area contributed by atoms with Gasteiger partial charge in [-0.25, -0.2) is 0 Å². The van der Waals surface area contributed by atoms with Crippen molar-refractivity contribution in [3.8, 4) is 5.75 Å². The number of rotatable bonds is 5. The fourth-order valence-corrected chi connectivity index (χ4v) is 2.33. The Kier molecular flexibility index (Phi) is 4.64. The molecule has 2 rings (SSSR count). The van der Waals surface area contributed by atoms with Crippen molar-refractivity contribution in [1.29, 1.82) is 0 Å². The molecule has 0 aromatic heterocycles. The van der Waals surface area contributed by atoms with Crippen LogP contribution in [0, 0.1) is 6.92 Å². The summed E-state index contributed by atoms with van der Waals surface area (Å²) in [7, 11) is 3.77. The van der Waals surface area contributed by atoms with E-state index < -0.39 is 0 Å². The summed E-state index contributed by atoms with van der Waals surface area (Å²) in [5.41, 5.74) is 10.7. The molecule has 0 heterocycles. The van der Waals surface area contributed by atoms with Gasteiger partial charge in [0.05, 0.1) is 7.11 Å². The number of aryl methyl sites for hydroxylation is 1. The molecule has 0 fully saturated rings. The lowest BCUT2D eigenvalue weighted by Crippen LogP contribution is -2.19. The Morgan fingerprint density at radius 2 is 1.85 bits per heavy atom. The molecule has 0 aliphatic rings. The highest BCUT2D eigenvalue weighted by atomic mass is 16.5. The molecule has 0 saturated carbocycles. The summed E-state index contributed by atoms with van der Waals surface area (Å²) in [4.78, 5) is 2.22. The Bertz CT molecular complexity index is 581. The molecule has 20 heavy (non-hydrogen) atoms. The first kappa shape index (κ1) is 14.4. The van der Waals surface area contributed by atoms with Crippen LogP contribution in [0.4, 0.5) is 5.69 Å². The number of methoxy groups -OCH3 is 1. The summed E-state index contributed by atoms with van der Waals surface area (Å²) in [5, 5.41) is 0. The third-order valence-corrected chi connectivity index (χ3v) is 3.59. The highest BCUT2D eigenvalue weighted by Gasteiger charge is 2.09. The lowest BCUT2D eigenvalue weighted by Gasteiger charge is -2.23. The van der Waals surface area contributed by atoms with Crippen molar-refractivity contribution in [2.75, 3.05) is 19.1 Å². The molecule has 0 spiro atoms. The Balaban J connectivity index is 2.28. The SMILES string of the molecule is COc1ccc(CN)c(N(C)Cc2ccccc2C)c1. The highest BCUT2D eigenvalue weighted by Crippen LogP contribution is 2.26. The second-order valence-corrected chi connectivity index (χ2v) is 4.98. The van der Waals surface area contributed by atoms with Crippen LogP contribution in [0.3, 0.4) is 0 Å². The van der Waals surface area contributed by atoms with E-state index >= 15 is 0 Å². The zero-order valence-corrected chi connectivity index (χ0v) is 12.4. The van der Waals surface area contributed by atoms with Crippen molar-refractivity contribution in [2.24, 2.45) is 5.73 Å². The Hall–Kier alpha value is -2.00. The fourth-order valence-electron chi connectivity index (χ4n) is 2.33. The van der Waals surface area contributed by atoms with E-state index in [4.69, 9.17) is 10.5 Å². The molecule has 0 aliphatic carbocycles. The van der Waals surface area contributed by atoms with Gasteiger partial charge < -0.3 is 15.4 Å². The normalized spacial score (nSPS) is 10.4. The summed E-state index contributed by atoms with van der Waals surface area (Å²) in [5.74, 6) is 0.855. The van der Waals surface area contributed by atoms with Crippen LogP contribution in [0.2, 0.25) is 0 Å². The Labute approximate surface area is 121 Å². The van der Waals surface area contributed by atoms with Gasteiger partial charge in [-0.2, -0.15) is 0 Å². The molecule has 0 atom stereocenters. The van der Waals surface area contributed by atoms with Crippen molar-refractivity contribution in [3.05, 3.63) is 59.2 Å². The predicted molar refractivity (Wildman–Crippen MR) is 84.2 cm³/mol. The largest absolute Gasteiger partial charge is 0.497 e. The lowest BCUT2D eigenvalue weighted by atomic mass is 10.1. The van der Waals surface area contributed by atoms with Crippen LogP contribution in [0.1, 0.15) is 16.7 Å². The minimum Gasteiger partial charge on any atom is -0.497 e. The van der Waals surface area contributed by atoms with Gasteiger partial charge in [0.1, 0.15) is 5.75 Å². The molecule has 0 saturated heterocycles. The molecular formula is C17H22N2O. The van der Waals surface area contributed by atoms with Crippen LogP contribution in [-0.2, 0) is 13.1 Å². The average molecular weight is 270 g/mol. The van der Waals surface area contributed by atoms with Gasteiger partial charge in [0.15, 0.2) is 0 Å². The number of nitrogens with zero attached hydrogens (tertiary/aromatic N) is 1. The van der Waals surface area contributed by atoms with Gasteiger partial charge in [-0.05, 0) is 29.7 Å². The molecule has 0 bridgehead atoms. The lowest BCUT2D eigenvalue weighted by molar-refractivity contribution is 0.414. The monoisotopic (exact) mass is 270 g/mol. The third-order valence-electron chi connectivity index (χ3n) is 3.59. The zero-order chi connectivity index (χ0) is 14.5. The molecule has 3 nitrogen and oxygen atoms in total. The highest BCUT2D eigenvalue weighted by molar-refractivity contribution is 5.57. The van der Waals surface area contributed by atoms with Crippen LogP contribution in [0.15, 0.2) is 42.5 Å². The summed E-state index contributed by atoms with van der Waals surface area (Å²) >= 11 is 0. The number of ether oxygens (including phenoxy) is 1. The topological polar surface area (TPSA) is 38.5 Å². The van der Waals surface area contributed by atoms with Gasteiger partial charge in [0, 0.05) is 31.9 Å². The standard InChI is InChI=1S/C17H22N2O/c1-13-6-4-5-7-15(13)12-19(2)17-10-16(20-3)9-8-14(17)11-18/h4-10H,11-12,18H2,1-3H3. The van der Waals surface area contributed by atoms with E-state index in [1.807, 2.05) is 18.2 Å². The van der Waals surface area contributed by atoms with Gasteiger partial charge in [-0.15, -0.1) is 0 Å². The Morgan fingerprint density at radius 1 is 1.10 bits per heavy atom. The number of benzene rings is 2. The maximum absolute atomic E-state index is 5.84. The summed E-state index contributed by atoms with van der Waals surface area (Å²) < 4.78 is 5.31. The van der Waals surface area contributed by atoms with Gasteiger partial charge in [0.25, 0.3) is 0 Å². The van der Waals surface area contributed by atoms with E-state index in [0.29, 0.717) is 6.54 Å². The summed E-state index contributed by atoms with van der Waals surface area (Å²) in [6.45, 7) is 3.52. The van der Waals surface area contributed by atoms with Gasteiger partial charge >= 0.3 is 0 Å². The molecule has 0 aliphatic heterocycles. The number of hydrogen-bond donors (Lipinski definition) is 1. The second kappa shape index (κ2) is 6.44. The van der Waals surface area contributed by atoms with Gasteiger partial charge in [-0.3, -0.25) is 0 Å². The van der Waals surface area contributed by atoms with Crippen LogP contribution in [0.5, 0.6) is 5.75 Å². The van der Waals surface area contributed by atoms with Crippen molar-refractivity contribution in [3.63, 3.8) is 0 Å². The fraction of sp³-hybridized carbons (Fsp3) is 0.294. The molecule has 2 N–H and O–H groups in total. The van der Waals surface area contributed by atoms with Crippen molar-refractivity contribution in [1.82, 2.24) is 0 Å². The quantitative estimate of drug-likeness (QED) is 0.907. The molecule has 3 heteroatoms. The molecule has 2 aromatic rings. The summed E-state index contributed by atoms with van der Waals surface area (Å²) in [6, 6.07) is 14.5. The molecule has 0 amide bonds. The van der Waals surface area contributed by atoms with E-state index in [1.165, 1.54) is 11.1 Å². The maximum Gasteiger partial charge on any atom is 0.120 e. The van der Waals surface area contributed by atoms with Gasteiger partial charge in [0.2, 0.25) is 0 Å². The van der Waals surface area contributed by atoms with Crippen LogP contribution in [-0.4, -0.2) is 14.2 Å². The number of anilines is 1. The second-order valence-electron chi connectivity index (χ2n) is 4.98. The smallest absolute Gasteiger partial charge is 0.120 e. The molecule has 0 unspecified atom stereocenters. The molecular weight excluding hydrogens is 248 g/mol. The Morgan fingerprint density at radius 3 is 2.50 bits per heavy atom. The van der Waals surface area contributed by atoms with E-state index in [2.05, 4.69) is 43.1 Å². The first-order chi connectivity index (χ1) is 9.65. The van der Waals surface area contributed by atoms with Crippen LogP contribution in [0.25, 0.3) is 0 Å². The molecule has 106 valence electrons. The maximum atomic E-state index is 5.84. The van der Waals surface area contributed by atoms with E-state index in [0.717, 1.165) is 23.5 Å².